The van der Waals surface area contributed by atoms with E-state index in [1.165, 1.54) is 0 Å². The zero-order valence-corrected chi connectivity index (χ0v) is 16.2. The number of benzene rings is 1. The normalized spacial score (nSPS) is 11.7. The Bertz CT molecular complexity index is 1070. The number of aromatic amines is 1. The van der Waals surface area contributed by atoms with Crippen LogP contribution in [0.25, 0.3) is 22.2 Å². The summed E-state index contributed by atoms with van der Waals surface area (Å²) in [5, 5.41) is 3.78. The Labute approximate surface area is 158 Å². The molecular formula is C19H22N4O3S. The van der Waals surface area contributed by atoms with Crippen LogP contribution in [0.1, 0.15) is 19.5 Å². The maximum Gasteiger partial charge on any atom is 0.229 e. The summed E-state index contributed by atoms with van der Waals surface area (Å²) >= 11 is 0. The minimum atomic E-state index is -3.31. The number of sulfonamides is 1. The lowest BCUT2D eigenvalue weighted by atomic mass is 10.0. The summed E-state index contributed by atoms with van der Waals surface area (Å²) in [5.74, 6) is -0.0469. The first-order valence-corrected chi connectivity index (χ1v) is 10.4. The van der Waals surface area contributed by atoms with Crippen LogP contribution in [0.4, 0.5) is 5.69 Å². The maximum atomic E-state index is 12.0. The van der Waals surface area contributed by atoms with Gasteiger partial charge in [-0.15, -0.1) is 0 Å². The SMILES string of the molecule is CC(C)NC(=O)Cc1cc2c(-c3ccc(NS(C)(=O)=O)cc3)ccnc2[nH]1. The van der Waals surface area contributed by atoms with Crippen LogP contribution in [-0.2, 0) is 21.2 Å². The number of carbonyl (C=O) groups is 1. The van der Waals surface area contributed by atoms with Crippen molar-refractivity contribution < 1.29 is 13.2 Å². The van der Waals surface area contributed by atoms with E-state index in [1.54, 1.807) is 18.3 Å². The molecule has 3 rings (SSSR count). The van der Waals surface area contributed by atoms with Crippen LogP contribution in [0.15, 0.2) is 42.6 Å². The highest BCUT2D eigenvalue weighted by molar-refractivity contribution is 7.92. The molecule has 0 aliphatic rings. The van der Waals surface area contributed by atoms with Crippen LogP contribution in [0.2, 0.25) is 0 Å². The van der Waals surface area contributed by atoms with Gasteiger partial charge in [-0.1, -0.05) is 12.1 Å². The molecule has 0 radical (unpaired) electrons. The molecule has 0 bridgehead atoms. The highest BCUT2D eigenvalue weighted by atomic mass is 32.2. The smallest absolute Gasteiger partial charge is 0.229 e. The van der Waals surface area contributed by atoms with Crippen molar-refractivity contribution in [3.63, 3.8) is 0 Å². The molecule has 3 aromatic rings. The van der Waals surface area contributed by atoms with E-state index in [0.717, 1.165) is 28.5 Å². The zero-order valence-electron chi connectivity index (χ0n) is 15.4. The van der Waals surface area contributed by atoms with E-state index in [9.17, 15) is 13.2 Å². The van der Waals surface area contributed by atoms with Gasteiger partial charge in [-0.25, -0.2) is 13.4 Å². The van der Waals surface area contributed by atoms with E-state index < -0.39 is 10.0 Å². The van der Waals surface area contributed by atoms with Gasteiger partial charge in [-0.05, 0) is 49.2 Å². The zero-order chi connectivity index (χ0) is 19.6. The number of fused-ring (bicyclic) bond motifs is 1. The van der Waals surface area contributed by atoms with Gasteiger partial charge in [0.2, 0.25) is 15.9 Å². The summed E-state index contributed by atoms with van der Waals surface area (Å²) in [6.07, 6.45) is 3.07. The van der Waals surface area contributed by atoms with Gasteiger partial charge in [0.25, 0.3) is 0 Å². The Morgan fingerprint density at radius 2 is 1.89 bits per heavy atom. The summed E-state index contributed by atoms with van der Waals surface area (Å²) in [5.41, 5.74) is 3.89. The van der Waals surface area contributed by atoms with Crippen LogP contribution in [-0.4, -0.2) is 36.6 Å². The fourth-order valence-electron chi connectivity index (χ4n) is 2.91. The number of anilines is 1. The molecule has 7 nitrogen and oxygen atoms in total. The minimum absolute atomic E-state index is 0.0469. The van der Waals surface area contributed by atoms with Crippen LogP contribution >= 0.6 is 0 Å². The van der Waals surface area contributed by atoms with E-state index in [0.29, 0.717) is 11.3 Å². The number of pyridine rings is 1. The Balaban J connectivity index is 1.90. The van der Waals surface area contributed by atoms with Gasteiger partial charge in [0, 0.05) is 29.0 Å². The molecular weight excluding hydrogens is 364 g/mol. The molecule has 2 aromatic heterocycles. The standard InChI is InChI=1S/C19H22N4O3S/c1-12(2)21-18(24)11-15-10-17-16(8-9-20-19(17)22-15)13-4-6-14(7-5-13)23-27(3,25)26/h4-10,12,23H,11H2,1-3H3,(H,20,22)(H,21,24). The summed E-state index contributed by atoms with van der Waals surface area (Å²) < 4.78 is 25.1. The molecule has 0 aliphatic carbocycles. The number of nitrogens with zero attached hydrogens (tertiary/aromatic N) is 1. The molecule has 142 valence electrons. The van der Waals surface area contributed by atoms with Crippen molar-refractivity contribution in [2.24, 2.45) is 0 Å². The van der Waals surface area contributed by atoms with Crippen molar-refractivity contribution in [2.45, 2.75) is 26.3 Å². The van der Waals surface area contributed by atoms with Crippen LogP contribution in [0.3, 0.4) is 0 Å². The van der Waals surface area contributed by atoms with Crippen molar-refractivity contribution in [1.29, 1.82) is 0 Å². The largest absolute Gasteiger partial charge is 0.354 e. The summed E-state index contributed by atoms with van der Waals surface area (Å²) in [6.45, 7) is 3.84. The van der Waals surface area contributed by atoms with E-state index in [4.69, 9.17) is 0 Å². The summed E-state index contributed by atoms with van der Waals surface area (Å²) in [7, 11) is -3.31. The fourth-order valence-corrected chi connectivity index (χ4v) is 3.47. The molecule has 0 unspecified atom stereocenters. The lowest BCUT2D eigenvalue weighted by Crippen LogP contribution is -2.31. The van der Waals surface area contributed by atoms with E-state index >= 15 is 0 Å². The van der Waals surface area contributed by atoms with Gasteiger partial charge < -0.3 is 10.3 Å². The molecule has 1 amide bonds. The second-order valence-electron chi connectivity index (χ2n) is 6.77. The van der Waals surface area contributed by atoms with Gasteiger partial charge in [0.1, 0.15) is 5.65 Å². The molecule has 27 heavy (non-hydrogen) atoms. The predicted octanol–water partition coefficient (Wildman–Crippen LogP) is 2.67. The van der Waals surface area contributed by atoms with E-state index in [-0.39, 0.29) is 18.4 Å². The van der Waals surface area contributed by atoms with Gasteiger partial charge in [-0.3, -0.25) is 9.52 Å². The van der Waals surface area contributed by atoms with Crippen molar-refractivity contribution in [3.8, 4) is 11.1 Å². The van der Waals surface area contributed by atoms with Gasteiger partial charge in [0.15, 0.2) is 0 Å². The van der Waals surface area contributed by atoms with Crippen LogP contribution < -0.4 is 10.0 Å². The lowest BCUT2D eigenvalue weighted by Gasteiger charge is -2.07. The topological polar surface area (TPSA) is 104 Å². The first-order chi connectivity index (χ1) is 12.7. The average molecular weight is 386 g/mol. The Morgan fingerprint density at radius 3 is 2.52 bits per heavy atom. The monoisotopic (exact) mass is 386 g/mol. The first-order valence-electron chi connectivity index (χ1n) is 8.55. The van der Waals surface area contributed by atoms with Crippen molar-refractivity contribution in [3.05, 3.63) is 48.3 Å². The number of nitrogens with one attached hydrogen (secondary N) is 3. The van der Waals surface area contributed by atoms with E-state index in [2.05, 4.69) is 20.0 Å². The second-order valence-corrected chi connectivity index (χ2v) is 8.51. The number of amides is 1. The molecule has 3 N–H and O–H groups in total. The molecule has 0 fully saturated rings. The second kappa shape index (κ2) is 7.40. The highest BCUT2D eigenvalue weighted by Crippen LogP contribution is 2.29. The molecule has 0 spiro atoms. The maximum absolute atomic E-state index is 12.0. The third-order valence-electron chi connectivity index (χ3n) is 3.89. The molecule has 0 saturated heterocycles. The van der Waals surface area contributed by atoms with Gasteiger partial charge >= 0.3 is 0 Å². The first kappa shape index (κ1) is 18.9. The number of carbonyl (C=O) groups excluding carboxylic acids is 1. The van der Waals surface area contributed by atoms with Crippen LogP contribution in [0.5, 0.6) is 0 Å². The fraction of sp³-hybridized carbons (Fsp3) is 0.263. The third-order valence-corrected chi connectivity index (χ3v) is 4.49. The average Bonchev–Trinajstić information content (AvgIpc) is 2.95. The van der Waals surface area contributed by atoms with Crippen molar-refractivity contribution in [2.75, 3.05) is 11.0 Å². The van der Waals surface area contributed by atoms with Gasteiger partial charge in [0.05, 0.1) is 12.7 Å². The Hall–Kier alpha value is -2.87. The van der Waals surface area contributed by atoms with Crippen LogP contribution in [0, 0.1) is 0 Å². The number of H-pyrrole nitrogens is 1. The molecule has 0 atom stereocenters. The lowest BCUT2D eigenvalue weighted by molar-refractivity contribution is -0.120. The molecule has 0 saturated carbocycles. The third kappa shape index (κ3) is 4.85. The minimum Gasteiger partial charge on any atom is -0.354 e. The summed E-state index contributed by atoms with van der Waals surface area (Å²) in [4.78, 5) is 19.5. The summed E-state index contributed by atoms with van der Waals surface area (Å²) in [6, 6.07) is 11.0. The van der Waals surface area contributed by atoms with Crippen molar-refractivity contribution >= 4 is 32.7 Å². The number of hydrogen-bond donors (Lipinski definition) is 3. The van der Waals surface area contributed by atoms with Crippen molar-refractivity contribution in [1.82, 2.24) is 15.3 Å². The number of aromatic nitrogens is 2. The molecule has 2 heterocycles. The molecule has 1 aromatic carbocycles. The number of rotatable bonds is 6. The highest BCUT2D eigenvalue weighted by Gasteiger charge is 2.12. The predicted molar refractivity (Wildman–Crippen MR) is 107 cm³/mol. The molecule has 8 heteroatoms. The van der Waals surface area contributed by atoms with Gasteiger partial charge in [-0.2, -0.15) is 0 Å². The Kier molecular flexibility index (Phi) is 5.18. The quantitative estimate of drug-likeness (QED) is 0.606. The molecule has 0 aliphatic heterocycles. The van der Waals surface area contributed by atoms with E-state index in [1.807, 2.05) is 38.1 Å². The Morgan fingerprint density at radius 1 is 1.19 bits per heavy atom. The number of hydrogen-bond acceptors (Lipinski definition) is 4.